The molecule has 6 heteroatoms. The molecule has 0 radical (unpaired) electrons. The van der Waals surface area contributed by atoms with E-state index in [1.165, 1.54) is 0 Å². The fourth-order valence-electron chi connectivity index (χ4n) is 4.48. The number of benzene rings is 3. The number of ether oxygens (including phenoxy) is 1. The zero-order chi connectivity index (χ0) is 21.7. The Morgan fingerprint density at radius 3 is 2.72 bits per heavy atom. The molecular formula is C26H20N2O4. The van der Waals surface area contributed by atoms with Gasteiger partial charge in [0.05, 0.1) is 16.5 Å². The van der Waals surface area contributed by atoms with Gasteiger partial charge in [0.15, 0.2) is 0 Å². The Bertz CT molecular complexity index is 1580. The molecule has 3 aromatic carbocycles. The topological polar surface area (TPSA) is 74.3 Å². The molecule has 0 N–H and O–H groups in total. The number of nitrogens with zero attached hydrogens (tertiary/aromatic N) is 2. The number of rotatable bonds is 2. The maximum Gasteiger partial charge on any atom is 0.343 e. The third-order valence-electron chi connectivity index (χ3n) is 6.11. The standard InChI is InChI=1S/C26H20N2O4/c29-25-19-11-9-16(14-21(19)27-24-8-2-1-5-13-28(24)25)26(30)31-17-10-12-23-20(15-17)18-6-3-4-7-22(18)32-23/h3-4,6-7,9-12,14-15H,1-2,5,8,13H2. The molecule has 0 unspecified atom stereocenters. The first-order valence-corrected chi connectivity index (χ1v) is 10.8. The van der Waals surface area contributed by atoms with E-state index in [4.69, 9.17) is 14.1 Å². The normalized spacial score (nSPS) is 13.9. The third kappa shape index (κ3) is 3.07. The molecule has 0 fully saturated rings. The largest absolute Gasteiger partial charge is 0.456 e. The van der Waals surface area contributed by atoms with Crippen molar-refractivity contribution in [2.45, 2.75) is 32.2 Å². The van der Waals surface area contributed by atoms with Crippen molar-refractivity contribution in [3.05, 3.63) is 82.4 Å². The summed E-state index contributed by atoms with van der Waals surface area (Å²) in [5, 5.41) is 2.39. The van der Waals surface area contributed by atoms with Gasteiger partial charge in [-0.1, -0.05) is 24.6 Å². The van der Waals surface area contributed by atoms with Crippen LogP contribution in [0.25, 0.3) is 32.8 Å². The van der Waals surface area contributed by atoms with Crippen LogP contribution in [-0.2, 0) is 13.0 Å². The quantitative estimate of drug-likeness (QED) is 0.286. The Labute approximate surface area is 183 Å². The fraction of sp³-hybridized carbons (Fsp3) is 0.192. The highest BCUT2D eigenvalue weighted by Gasteiger charge is 2.17. The number of hydrogen-bond donors (Lipinski definition) is 0. The Morgan fingerprint density at radius 1 is 0.906 bits per heavy atom. The van der Waals surface area contributed by atoms with E-state index in [1.807, 2.05) is 30.3 Å². The van der Waals surface area contributed by atoms with Crippen LogP contribution in [0.3, 0.4) is 0 Å². The molecular weight excluding hydrogens is 404 g/mol. The zero-order valence-electron chi connectivity index (χ0n) is 17.3. The lowest BCUT2D eigenvalue weighted by Gasteiger charge is -2.11. The second kappa shape index (κ2) is 7.34. The molecule has 0 aliphatic carbocycles. The van der Waals surface area contributed by atoms with Crippen LogP contribution >= 0.6 is 0 Å². The van der Waals surface area contributed by atoms with Crippen molar-refractivity contribution in [3.8, 4) is 5.75 Å². The summed E-state index contributed by atoms with van der Waals surface area (Å²) in [6, 6.07) is 18.0. The Hall–Kier alpha value is -3.93. The molecule has 5 aromatic rings. The van der Waals surface area contributed by atoms with Gasteiger partial charge in [0.25, 0.3) is 5.56 Å². The number of carbonyl (C=O) groups is 1. The summed E-state index contributed by atoms with van der Waals surface area (Å²) in [5.74, 6) is 0.739. The Balaban J connectivity index is 1.35. The van der Waals surface area contributed by atoms with Gasteiger partial charge < -0.3 is 9.15 Å². The number of hydrogen-bond acceptors (Lipinski definition) is 5. The lowest BCUT2D eigenvalue weighted by molar-refractivity contribution is 0.0735. The van der Waals surface area contributed by atoms with Crippen molar-refractivity contribution in [1.82, 2.24) is 9.55 Å². The average molecular weight is 424 g/mol. The molecule has 6 nitrogen and oxygen atoms in total. The number of furan rings is 1. The summed E-state index contributed by atoms with van der Waals surface area (Å²) in [4.78, 5) is 30.5. The molecule has 3 heterocycles. The Morgan fingerprint density at radius 2 is 1.78 bits per heavy atom. The zero-order valence-corrected chi connectivity index (χ0v) is 17.3. The molecule has 0 saturated heterocycles. The maximum atomic E-state index is 12.9. The minimum Gasteiger partial charge on any atom is -0.456 e. The van der Waals surface area contributed by atoms with E-state index in [9.17, 15) is 9.59 Å². The molecule has 0 amide bonds. The van der Waals surface area contributed by atoms with Gasteiger partial charge in [-0.3, -0.25) is 9.36 Å². The van der Waals surface area contributed by atoms with E-state index in [0.717, 1.165) is 53.4 Å². The number of carbonyl (C=O) groups excluding carboxylic acids is 1. The summed E-state index contributed by atoms with van der Waals surface area (Å²) in [6.45, 7) is 0.700. The molecule has 32 heavy (non-hydrogen) atoms. The third-order valence-corrected chi connectivity index (χ3v) is 6.11. The summed E-state index contributed by atoms with van der Waals surface area (Å²) in [5.41, 5.74) is 2.39. The summed E-state index contributed by atoms with van der Waals surface area (Å²) in [6.07, 6.45) is 3.87. The lowest BCUT2D eigenvalue weighted by Crippen LogP contribution is -2.24. The second-order valence-corrected chi connectivity index (χ2v) is 8.17. The van der Waals surface area contributed by atoms with Crippen molar-refractivity contribution < 1.29 is 13.9 Å². The van der Waals surface area contributed by atoms with Crippen LogP contribution in [0.15, 0.2) is 69.9 Å². The van der Waals surface area contributed by atoms with Crippen LogP contribution < -0.4 is 10.3 Å². The van der Waals surface area contributed by atoms with E-state index in [2.05, 4.69) is 0 Å². The SMILES string of the molecule is O=C(Oc1ccc2oc3ccccc3c2c1)c1ccc2c(=O)n3c(nc2c1)CCCCC3. The number of esters is 1. The van der Waals surface area contributed by atoms with Crippen molar-refractivity contribution in [2.24, 2.45) is 0 Å². The van der Waals surface area contributed by atoms with Crippen molar-refractivity contribution in [3.63, 3.8) is 0 Å². The predicted octanol–water partition coefficient (Wildman–Crippen LogP) is 5.24. The van der Waals surface area contributed by atoms with E-state index in [-0.39, 0.29) is 5.56 Å². The van der Waals surface area contributed by atoms with Crippen molar-refractivity contribution >= 4 is 38.8 Å². The van der Waals surface area contributed by atoms with Gasteiger partial charge in [-0.25, -0.2) is 9.78 Å². The van der Waals surface area contributed by atoms with Crippen LogP contribution in [0.2, 0.25) is 0 Å². The molecule has 0 spiro atoms. The minimum atomic E-state index is -0.490. The fourth-order valence-corrected chi connectivity index (χ4v) is 4.48. The van der Waals surface area contributed by atoms with Crippen LogP contribution in [0.4, 0.5) is 0 Å². The Kier molecular flexibility index (Phi) is 4.31. The average Bonchev–Trinajstić information content (AvgIpc) is 3.00. The van der Waals surface area contributed by atoms with Gasteiger partial charge in [0.2, 0.25) is 0 Å². The molecule has 2 aromatic heterocycles. The first kappa shape index (κ1) is 18.8. The highest BCUT2D eigenvalue weighted by atomic mass is 16.5. The highest BCUT2D eigenvalue weighted by Crippen LogP contribution is 2.31. The van der Waals surface area contributed by atoms with Gasteiger partial charge in [-0.05, 0) is 55.3 Å². The van der Waals surface area contributed by atoms with Crippen LogP contribution in [-0.4, -0.2) is 15.5 Å². The minimum absolute atomic E-state index is 0.0379. The summed E-state index contributed by atoms with van der Waals surface area (Å²) < 4.78 is 13.3. The number of fused-ring (bicyclic) bond motifs is 5. The monoisotopic (exact) mass is 424 g/mol. The molecule has 0 bridgehead atoms. The predicted molar refractivity (Wildman–Crippen MR) is 122 cm³/mol. The van der Waals surface area contributed by atoms with Crippen LogP contribution in [0, 0.1) is 0 Å². The number of para-hydroxylation sites is 1. The van der Waals surface area contributed by atoms with Crippen molar-refractivity contribution in [1.29, 1.82) is 0 Å². The molecule has 0 atom stereocenters. The van der Waals surface area contributed by atoms with Gasteiger partial charge in [-0.15, -0.1) is 0 Å². The maximum absolute atomic E-state index is 12.9. The first-order chi connectivity index (χ1) is 15.7. The van der Waals surface area contributed by atoms with Crippen LogP contribution in [0.5, 0.6) is 5.75 Å². The van der Waals surface area contributed by atoms with Gasteiger partial charge in [0.1, 0.15) is 22.7 Å². The first-order valence-electron chi connectivity index (χ1n) is 10.8. The summed E-state index contributed by atoms with van der Waals surface area (Å²) in [7, 11) is 0. The van der Waals surface area contributed by atoms with E-state index in [1.54, 1.807) is 34.9 Å². The highest BCUT2D eigenvalue weighted by molar-refractivity contribution is 6.05. The molecule has 6 rings (SSSR count). The van der Waals surface area contributed by atoms with Gasteiger partial charge >= 0.3 is 5.97 Å². The van der Waals surface area contributed by atoms with Gasteiger partial charge in [-0.2, -0.15) is 0 Å². The van der Waals surface area contributed by atoms with E-state index in [0.29, 0.717) is 28.8 Å². The number of aryl methyl sites for hydroxylation is 1. The summed E-state index contributed by atoms with van der Waals surface area (Å²) >= 11 is 0. The number of aromatic nitrogens is 2. The lowest BCUT2D eigenvalue weighted by atomic mass is 10.1. The van der Waals surface area contributed by atoms with Gasteiger partial charge in [0, 0.05) is 23.7 Å². The molecule has 0 saturated carbocycles. The van der Waals surface area contributed by atoms with Crippen LogP contribution in [0.1, 0.15) is 35.4 Å². The molecule has 1 aliphatic heterocycles. The van der Waals surface area contributed by atoms with E-state index < -0.39 is 5.97 Å². The van der Waals surface area contributed by atoms with Crippen molar-refractivity contribution in [2.75, 3.05) is 0 Å². The molecule has 1 aliphatic rings. The molecule has 158 valence electrons. The second-order valence-electron chi connectivity index (χ2n) is 8.17. The van der Waals surface area contributed by atoms with E-state index >= 15 is 0 Å². The smallest absolute Gasteiger partial charge is 0.343 e.